The molecule has 3 nitrogen and oxygen atoms in total. The summed E-state index contributed by atoms with van der Waals surface area (Å²) in [5, 5.41) is 2.02. The van der Waals surface area contributed by atoms with Crippen LogP contribution in [0.3, 0.4) is 0 Å². The van der Waals surface area contributed by atoms with Gasteiger partial charge < -0.3 is 0 Å². The van der Waals surface area contributed by atoms with E-state index in [1.807, 2.05) is 24.4 Å². The first-order chi connectivity index (χ1) is 7.65. The van der Waals surface area contributed by atoms with E-state index in [-0.39, 0.29) is 5.12 Å². The predicted octanol–water partition coefficient (Wildman–Crippen LogP) is 3.15. The second kappa shape index (κ2) is 4.76. The van der Waals surface area contributed by atoms with Gasteiger partial charge in [0, 0.05) is 29.8 Å². The summed E-state index contributed by atoms with van der Waals surface area (Å²) < 4.78 is 0.789. The Balaban J connectivity index is 2.28. The van der Waals surface area contributed by atoms with Gasteiger partial charge in [-0.1, -0.05) is 0 Å². The smallest absolute Gasteiger partial charge is 0.192 e. The van der Waals surface area contributed by atoms with Gasteiger partial charge >= 0.3 is 0 Å². The van der Waals surface area contributed by atoms with E-state index in [0.29, 0.717) is 0 Å². The van der Waals surface area contributed by atoms with E-state index in [2.05, 4.69) is 9.97 Å². The predicted molar refractivity (Wildman–Crippen MR) is 66.6 cm³/mol. The standard InChI is InChI=1S/C11H10N2OS2/c1-7-5-9(3-4-12-7)10-6-15-11(13-10)16-8(2)14/h3-6H,1-2H3. The number of hydrogen-bond donors (Lipinski definition) is 0. The fraction of sp³-hybridized carbons (Fsp3) is 0.182. The summed E-state index contributed by atoms with van der Waals surface area (Å²) in [5.74, 6) is 0. The summed E-state index contributed by atoms with van der Waals surface area (Å²) in [5.41, 5.74) is 2.91. The van der Waals surface area contributed by atoms with Gasteiger partial charge in [0.2, 0.25) is 0 Å². The minimum Gasteiger partial charge on any atom is -0.287 e. The number of thiazole rings is 1. The monoisotopic (exact) mass is 250 g/mol. The van der Waals surface area contributed by atoms with Crippen LogP contribution in [0, 0.1) is 6.92 Å². The van der Waals surface area contributed by atoms with Crippen LogP contribution in [0.1, 0.15) is 12.6 Å². The van der Waals surface area contributed by atoms with Crippen molar-refractivity contribution in [2.24, 2.45) is 0 Å². The molecular formula is C11H10N2OS2. The maximum atomic E-state index is 10.9. The number of pyridine rings is 1. The Morgan fingerprint density at radius 2 is 2.31 bits per heavy atom. The Bertz CT molecular complexity index is 522. The van der Waals surface area contributed by atoms with Crippen molar-refractivity contribution in [2.75, 3.05) is 0 Å². The van der Waals surface area contributed by atoms with E-state index in [1.165, 1.54) is 23.1 Å². The lowest BCUT2D eigenvalue weighted by atomic mass is 10.2. The zero-order valence-electron chi connectivity index (χ0n) is 8.93. The Hall–Kier alpha value is -1.20. The van der Waals surface area contributed by atoms with Gasteiger partial charge in [-0.25, -0.2) is 4.98 Å². The average Bonchev–Trinajstić information content (AvgIpc) is 2.65. The molecule has 0 aliphatic rings. The van der Waals surface area contributed by atoms with Crippen LogP contribution in [0.25, 0.3) is 11.3 Å². The van der Waals surface area contributed by atoms with Crippen molar-refractivity contribution in [3.05, 3.63) is 29.4 Å². The number of carbonyl (C=O) groups excluding carboxylic acids is 1. The first-order valence-electron chi connectivity index (χ1n) is 4.72. The van der Waals surface area contributed by atoms with Crippen molar-refractivity contribution < 1.29 is 4.79 Å². The molecule has 0 unspecified atom stereocenters. The van der Waals surface area contributed by atoms with Gasteiger partial charge in [0.15, 0.2) is 9.45 Å². The van der Waals surface area contributed by atoms with E-state index in [9.17, 15) is 4.79 Å². The molecule has 2 aromatic heterocycles. The van der Waals surface area contributed by atoms with E-state index >= 15 is 0 Å². The van der Waals surface area contributed by atoms with E-state index < -0.39 is 0 Å². The molecule has 0 saturated heterocycles. The zero-order valence-corrected chi connectivity index (χ0v) is 10.6. The summed E-state index contributed by atoms with van der Waals surface area (Å²) >= 11 is 2.66. The molecule has 0 radical (unpaired) electrons. The molecule has 0 fully saturated rings. The topological polar surface area (TPSA) is 42.9 Å². The molecular weight excluding hydrogens is 240 g/mol. The second-order valence-electron chi connectivity index (χ2n) is 3.28. The summed E-state index contributed by atoms with van der Waals surface area (Å²) in [6.45, 7) is 3.49. The van der Waals surface area contributed by atoms with Crippen molar-refractivity contribution in [1.82, 2.24) is 9.97 Å². The number of aryl methyl sites for hydroxylation is 1. The van der Waals surface area contributed by atoms with Crippen LogP contribution in [0.15, 0.2) is 28.0 Å². The van der Waals surface area contributed by atoms with Crippen molar-refractivity contribution in [2.45, 2.75) is 18.2 Å². The number of nitrogens with zero attached hydrogens (tertiary/aromatic N) is 2. The fourth-order valence-corrected chi connectivity index (χ4v) is 2.90. The highest BCUT2D eigenvalue weighted by molar-refractivity contribution is 8.14. The molecule has 16 heavy (non-hydrogen) atoms. The van der Waals surface area contributed by atoms with Gasteiger partial charge in [0.1, 0.15) is 0 Å². The average molecular weight is 250 g/mol. The Morgan fingerprint density at radius 1 is 1.50 bits per heavy atom. The van der Waals surface area contributed by atoms with Crippen molar-refractivity contribution in [3.8, 4) is 11.3 Å². The molecule has 0 aliphatic carbocycles. The molecule has 5 heteroatoms. The number of rotatable bonds is 2. The Labute approximate surface area is 102 Å². The first kappa shape index (κ1) is 11.3. The lowest BCUT2D eigenvalue weighted by Gasteiger charge is -1.96. The third-order valence-electron chi connectivity index (χ3n) is 1.91. The second-order valence-corrected chi connectivity index (χ2v) is 5.56. The molecule has 0 aromatic carbocycles. The maximum Gasteiger partial charge on any atom is 0.192 e. The third-order valence-corrected chi connectivity index (χ3v) is 3.63. The SMILES string of the molecule is CC(=O)Sc1nc(-c2ccnc(C)c2)cs1. The zero-order chi connectivity index (χ0) is 11.5. The van der Waals surface area contributed by atoms with Crippen molar-refractivity contribution in [3.63, 3.8) is 0 Å². The van der Waals surface area contributed by atoms with Crippen LogP contribution in [0.2, 0.25) is 0 Å². The third kappa shape index (κ3) is 2.68. The van der Waals surface area contributed by atoms with Crippen LogP contribution in [0.5, 0.6) is 0 Å². The molecule has 0 spiro atoms. The maximum absolute atomic E-state index is 10.9. The number of hydrogen-bond acceptors (Lipinski definition) is 5. The van der Waals surface area contributed by atoms with Gasteiger partial charge in [0.05, 0.1) is 5.69 Å². The minimum absolute atomic E-state index is 0.0619. The molecule has 0 N–H and O–H groups in total. The Morgan fingerprint density at radius 3 is 3.00 bits per heavy atom. The van der Waals surface area contributed by atoms with Crippen LogP contribution >= 0.6 is 23.1 Å². The molecule has 0 bridgehead atoms. The van der Waals surface area contributed by atoms with Crippen LogP contribution in [-0.4, -0.2) is 15.1 Å². The fourth-order valence-electron chi connectivity index (χ4n) is 1.26. The molecule has 82 valence electrons. The van der Waals surface area contributed by atoms with E-state index in [1.54, 1.807) is 13.1 Å². The summed E-state index contributed by atoms with van der Waals surface area (Å²) in [4.78, 5) is 19.5. The molecule has 0 aliphatic heterocycles. The quantitative estimate of drug-likeness (QED) is 0.768. The van der Waals surface area contributed by atoms with Gasteiger partial charge in [-0.3, -0.25) is 9.78 Å². The summed E-state index contributed by atoms with van der Waals surface area (Å²) in [6, 6.07) is 3.90. The first-order valence-corrected chi connectivity index (χ1v) is 6.42. The molecule has 2 rings (SSSR count). The normalized spacial score (nSPS) is 10.4. The van der Waals surface area contributed by atoms with Crippen molar-refractivity contribution in [1.29, 1.82) is 0 Å². The molecule has 0 atom stereocenters. The summed E-state index contributed by atoms with van der Waals surface area (Å²) in [6.07, 6.45) is 1.77. The Kier molecular flexibility index (Phi) is 3.36. The highest BCUT2D eigenvalue weighted by Gasteiger charge is 2.07. The van der Waals surface area contributed by atoms with Crippen LogP contribution in [0.4, 0.5) is 0 Å². The van der Waals surface area contributed by atoms with Crippen LogP contribution in [-0.2, 0) is 4.79 Å². The van der Waals surface area contributed by atoms with Gasteiger partial charge in [-0.2, -0.15) is 0 Å². The minimum atomic E-state index is 0.0619. The lowest BCUT2D eigenvalue weighted by molar-refractivity contribution is -0.109. The molecule has 2 heterocycles. The molecule has 0 saturated carbocycles. The molecule has 0 amide bonds. The van der Waals surface area contributed by atoms with Gasteiger partial charge in [0.25, 0.3) is 0 Å². The molecule has 2 aromatic rings. The largest absolute Gasteiger partial charge is 0.287 e. The number of aromatic nitrogens is 2. The van der Waals surface area contributed by atoms with Gasteiger partial charge in [-0.05, 0) is 30.8 Å². The summed E-state index contributed by atoms with van der Waals surface area (Å²) in [7, 11) is 0. The lowest BCUT2D eigenvalue weighted by Crippen LogP contribution is -1.84. The highest BCUT2D eigenvalue weighted by Crippen LogP contribution is 2.28. The highest BCUT2D eigenvalue weighted by atomic mass is 32.2. The number of thioether (sulfide) groups is 1. The van der Waals surface area contributed by atoms with Crippen molar-refractivity contribution >= 4 is 28.2 Å². The van der Waals surface area contributed by atoms with E-state index in [4.69, 9.17) is 0 Å². The van der Waals surface area contributed by atoms with E-state index in [0.717, 1.165) is 21.3 Å². The number of carbonyl (C=O) groups is 1. The van der Waals surface area contributed by atoms with Crippen LogP contribution < -0.4 is 0 Å². The van der Waals surface area contributed by atoms with Gasteiger partial charge in [-0.15, -0.1) is 11.3 Å².